The molecule has 0 radical (unpaired) electrons. The summed E-state index contributed by atoms with van der Waals surface area (Å²) in [7, 11) is 0. The van der Waals surface area contributed by atoms with E-state index in [4.69, 9.17) is 4.74 Å². The third kappa shape index (κ3) is 5.63. The van der Waals surface area contributed by atoms with Crippen LogP contribution in [0.25, 0.3) is 0 Å². The summed E-state index contributed by atoms with van der Waals surface area (Å²) >= 11 is 5.06. The Labute approximate surface area is 108 Å². The summed E-state index contributed by atoms with van der Waals surface area (Å²) in [5.41, 5.74) is 0. The Kier molecular flexibility index (Phi) is 6.68. The molecule has 1 heterocycles. The lowest BCUT2D eigenvalue weighted by molar-refractivity contribution is -0.142. The van der Waals surface area contributed by atoms with Gasteiger partial charge < -0.3 is 10.1 Å². The number of carbonyl (C=O) groups is 1. The second-order valence-corrected chi connectivity index (χ2v) is 5.93. The lowest BCUT2D eigenvalue weighted by Crippen LogP contribution is -2.24. The number of thiophene rings is 1. The van der Waals surface area contributed by atoms with Gasteiger partial charge in [-0.05, 0) is 34.5 Å². The van der Waals surface area contributed by atoms with Crippen molar-refractivity contribution in [2.24, 2.45) is 0 Å². The predicted octanol–water partition coefficient (Wildman–Crippen LogP) is 2.94. The molecule has 0 saturated heterocycles. The van der Waals surface area contributed by atoms with E-state index >= 15 is 0 Å². The molecule has 1 aromatic rings. The highest BCUT2D eigenvalue weighted by Crippen LogP contribution is 2.21. The van der Waals surface area contributed by atoms with Crippen LogP contribution in [0.1, 0.15) is 24.6 Å². The number of hydrogen-bond donors (Lipinski definition) is 1. The quantitative estimate of drug-likeness (QED) is 0.622. The van der Waals surface area contributed by atoms with Crippen LogP contribution in [0.5, 0.6) is 0 Å². The molecule has 3 nitrogen and oxygen atoms in total. The molecule has 1 N–H and O–H groups in total. The lowest BCUT2D eigenvalue weighted by atomic mass is 10.4. The third-order valence-corrected chi connectivity index (χ3v) is 3.58. The summed E-state index contributed by atoms with van der Waals surface area (Å²) in [5.74, 6) is -0.177. The van der Waals surface area contributed by atoms with Crippen molar-refractivity contribution in [3.63, 3.8) is 0 Å². The molecule has 0 atom stereocenters. The van der Waals surface area contributed by atoms with Gasteiger partial charge in [0.05, 0.1) is 16.9 Å². The van der Waals surface area contributed by atoms with E-state index in [0.29, 0.717) is 13.2 Å². The topological polar surface area (TPSA) is 38.3 Å². The fraction of sp³-hybridized carbons (Fsp3) is 0.545. The first kappa shape index (κ1) is 13.7. The number of rotatable bonds is 7. The van der Waals surface area contributed by atoms with Crippen molar-refractivity contribution in [1.29, 1.82) is 0 Å². The maximum absolute atomic E-state index is 11.2. The van der Waals surface area contributed by atoms with E-state index in [9.17, 15) is 4.79 Å². The van der Waals surface area contributed by atoms with Crippen LogP contribution < -0.4 is 5.32 Å². The number of esters is 1. The van der Waals surface area contributed by atoms with Gasteiger partial charge in [-0.15, -0.1) is 11.3 Å². The molecule has 0 amide bonds. The highest BCUT2D eigenvalue weighted by atomic mass is 79.9. The van der Waals surface area contributed by atoms with Crippen LogP contribution in [-0.2, 0) is 16.1 Å². The van der Waals surface area contributed by atoms with Crippen molar-refractivity contribution < 1.29 is 9.53 Å². The van der Waals surface area contributed by atoms with E-state index in [1.54, 1.807) is 11.3 Å². The highest BCUT2D eigenvalue weighted by molar-refractivity contribution is 9.11. The van der Waals surface area contributed by atoms with Crippen LogP contribution >= 0.6 is 27.3 Å². The third-order valence-electron chi connectivity index (χ3n) is 1.96. The van der Waals surface area contributed by atoms with Gasteiger partial charge in [-0.2, -0.15) is 0 Å². The van der Waals surface area contributed by atoms with Gasteiger partial charge in [0, 0.05) is 11.4 Å². The number of hydrogen-bond acceptors (Lipinski definition) is 4. The maximum atomic E-state index is 11.2. The summed E-state index contributed by atoms with van der Waals surface area (Å²) in [6.45, 7) is 3.58. The van der Waals surface area contributed by atoms with Gasteiger partial charge in [0.25, 0.3) is 0 Å². The van der Waals surface area contributed by atoms with Crippen LogP contribution in [-0.4, -0.2) is 19.1 Å². The molecule has 0 saturated carbocycles. The number of unbranched alkanes of at least 4 members (excludes halogenated alkanes) is 1. The van der Waals surface area contributed by atoms with Gasteiger partial charge in [0.15, 0.2) is 0 Å². The average molecular weight is 306 g/mol. The summed E-state index contributed by atoms with van der Waals surface area (Å²) in [5, 5.41) is 3.06. The van der Waals surface area contributed by atoms with E-state index in [2.05, 4.69) is 28.2 Å². The largest absolute Gasteiger partial charge is 0.465 e. The van der Waals surface area contributed by atoms with Crippen LogP contribution in [0.4, 0.5) is 0 Å². The normalized spacial score (nSPS) is 10.4. The summed E-state index contributed by atoms with van der Waals surface area (Å²) in [4.78, 5) is 12.4. The molecule has 16 heavy (non-hydrogen) atoms. The van der Waals surface area contributed by atoms with Gasteiger partial charge in [-0.25, -0.2) is 0 Å². The molecule has 0 spiro atoms. The van der Waals surface area contributed by atoms with E-state index < -0.39 is 0 Å². The molecule has 0 aliphatic heterocycles. The molecule has 1 aromatic heterocycles. The van der Waals surface area contributed by atoms with Crippen LogP contribution in [0.2, 0.25) is 0 Å². The number of ether oxygens (including phenoxy) is 1. The van der Waals surface area contributed by atoms with Gasteiger partial charge >= 0.3 is 5.97 Å². The standard InChI is InChI=1S/C11H16BrNO2S/c1-2-3-6-15-11(14)8-13-7-9-4-5-10(12)16-9/h4-5,13H,2-3,6-8H2,1H3. The van der Waals surface area contributed by atoms with Crippen molar-refractivity contribution in [3.8, 4) is 0 Å². The van der Waals surface area contributed by atoms with Gasteiger partial charge in [0.1, 0.15) is 0 Å². The Hall–Kier alpha value is -0.390. The van der Waals surface area contributed by atoms with Crippen LogP contribution in [0.15, 0.2) is 15.9 Å². The number of halogens is 1. The molecular weight excluding hydrogens is 290 g/mol. The SMILES string of the molecule is CCCCOC(=O)CNCc1ccc(Br)s1. The molecule has 0 bridgehead atoms. The second kappa shape index (κ2) is 7.81. The highest BCUT2D eigenvalue weighted by Gasteiger charge is 2.02. The van der Waals surface area contributed by atoms with Gasteiger partial charge in [-0.1, -0.05) is 13.3 Å². The van der Waals surface area contributed by atoms with E-state index in [0.717, 1.165) is 16.6 Å². The molecule has 5 heteroatoms. The minimum Gasteiger partial charge on any atom is -0.465 e. The van der Waals surface area contributed by atoms with Crippen molar-refractivity contribution in [2.45, 2.75) is 26.3 Å². The second-order valence-electron chi connectivity index (χ2n) is 3.38. The molecule has 0 aromatic carbocycles. The first-order valence-corrected chi connectivity index (χ1v) is 6.94. The fourth-order valence-electron chi connectivity index (χ4n) is 1.12. The molecule has 0 aliphatic carbocycles. The summed E-state index contributed by atoms with van der Waals surface area (Å²) in [6, 6.07) is 4.03. The number of carbonyl (C=O) groups excluding carboxylic acids is 1. The Morgan fingerprint density at radius 2 is 2.38 bits per heavy atom. The average Bonchev–Trinajstić information content (AvgIpc) is 2.65. The zero-order valence-corrected chi connectivity index (χ0v) is 11.7. The lowest BCUT2D eigenvalue weighted by Gasteiger charge is -2.04. The van der Waals surface area contributed by atoms with Crippen molar-refractivity contribution in [1.82, 2.24) is 5.32 Å². The van der Waals surface area contributed by atoms with Crippen molar-refractivity contribution >= 4 is 33.2 Å². The molecule has 90 valence electrons. The van der Waals surface area contributed by atoms with Crippen LogP contribution in [0, 0.1) is 0 Å². The molecule has 1 rings (SSSR count). The van der Waals surface area contributed by atoms with Gasteiger partial charge in [-0.3, -0.25) is 4.79 Å². The van der Waals surface area contributed by atoms with E-state index in [-0.39, 0.29) is 12.5 Å². The zero-order valence-electron chi connectivity index (χ0n) is 9.29. The molecule has 0 aliphatic rings. The molecule has 0 unspecified atom stereocenters. The minimum absolute atomic E-state index is 0.177. The van der Waals surface area contributed by atoms with Crippen molar-refractivity contribution in [3.05, 3.63) is 20.8 Å². The van der Waals surface area contributed by atoms with Gasteiger partial charge in [0.2, 0.25) is 0 Å². The monoisotopic (exact) mass is 305 g/mol. The Balaban J connectivity index is 2.08. The minimum atomic E-state index is -0.177. The Bertz CT molecular complexity index is 328. The summed E-state index contributed by atoms with van der Waals surface area (Å²) < 4.78 is 6.12. The smallest absolute Gasteiger partial charge is 0.319 e. The molecule has 0 fully saturated rings. The zero-order chi connectivity index (χ0) is 11.8. The number of nitrogens with one attached hydrogen (secondary N) is 1. The Morgan fingerprint density at radius 3 is 3.00 bits per heavy atom. The van der Waals surface area contributed by atoms with Crippen molar-refractivity contribution in [2.75, 3.05) is 13.2 Å². The Morgan fingerprint density at radius 1 is 1.56 bits per heavy atom. The summed E-state index contributed by atoms with van der Waals surface area (Å²) in [6.07, 6.45) is 1.98. The van der Waals surface area contributed by atoms with E-state index in [1.165, 1.54) is 4.88 Å². The first-order chi connectivity index (χ1) is 7.72. The van der Waals surface area contributed by atoms with Crippen LogP contribution in [0.3, 0.4) is 0 Å². The first-order valence-electron chi connectivity index (χ1n) is 5.33. The van der Waals surface area contributed by atoms with E-state index in [1.807, 2.05) is 12.1 Å². The fourth-order valence-corrected chi connectivity index (χ4v) is 2.57. The molecular formula is C11H16BrNO2S. The predicted molar refractivity (Wildman–Crippen MR) is 69.6 cm³/mol. The maximum Gasteiger partial charge on any atom is 0.319 e.